The van der Waals surface area contributed by atoms with Crippen LogP contribution < -0.4 is 56.1 Å². The van der Waals surface area contributed by atoms with Gasteiger partial charge < -0.3 is 6.16 Å². The molecule has 0 saturated carbocycles. The van der Waals surface area contributed by atoms with E-state index in [-0.39, 0.29) is 69.3 Å². The van der Waals surface area contributed by atoms with Crippen LogP contribution in [0.15, 0.2) is 36.8 Å². The number of aromatic nitrogens is 2. The van der Waals surface area contributed by atoms with Gasteiger partial charge in [-0.3, -0.25) is 0 Å². The van der Waals surface area contributed by atoms with Crippen LogP contribution in [0.25, 0.3) is 0 Å². The number of hydrogen-bond donors (Lipinski definition) is 0. The monoisotopic (exact) mass is 292 g/mol. The summed E-state index contributed by atoms with van der Waals surface area (Å²) in [6.07, 6.45) is 2.62. The molecular weight excluding hydrogens is 286 g/mol. The predicted molar refractivity (Wildman–Crippen MR) is 59.5 cm³/mol. The maximum absolute atomic E-state index is 13.0. The van der Waals surface area contributed by atoms with Crippen molar-refractivity contribution in [3.63, 3.8) is 0 Å². The molecule has 1 aromatic heterocycles. The molecule has 2 aromatic rings. The normalized spacial score (nSPS) is 9.44. The van der Waals surface area contributed by atoms with Gasteiger partial charge in [0.15, 0.2) is 5.69 Å². The molecule has 18 heavy (non-hydrogen) atoms. The summed E-state index contributed by atoms with van der Waals surface area (Å²) in [7, 11) is 0. The maximum atomic E-state index is 13.0. The SMILES string of the molecule is O=C(Oc1cc(F)cc(Cl)c1)c1ccncn1.[H-].[K+]. The number of benzene rings is 1. The van der Waals surface area contributed by atoms with Gasteiger partial charge in [0.1, 0.15) is 17.9 Å². The molecule has 4 nitrogen and oxygen atoms in total. The molecule has 0 fully saturated rings. The Bertz CT molecular complexity index is 539. The first-order chi connectivity index (χ1) is 8.15. The van der Waals surface area contributed by atoms with Gasteiger partial charge in [0.25, 0.3) is 0 Å². The van der Waals surface area contributed by atoms with Crippen LogP contribution in [0, 0.1) is 5.82 Å². The van der Waals surface area contributed by atoms with E-state index in [1.165, 1.54) is 24.7 Å². The number of nitrogens with zero attached hydrogens (tertiary/aromatic N) is 2. The van der Waals surface area contributed by atoms with E-state index in [2.05, 4.69) is 9.97 Å². The topological polar surface area (TPSA) is 52.1 Å². The summed E-state index contributed by atoms with van der Waals surface area (Å²) in [5, 5.41) is 0.149. The molecule has 7 heteroatoms. The minimum absolute atomic E-state index is 0. The molecule has 0 saturated heterocycles. The maximum Gasteiger partial charge on any atom is 1.00 e. The molecule has 0 N–H and O–H groups in total. The van der Waals surface area contributed by atoms with Gasteiger partial charge in [-0.15, -0.1) is 0 Å². The van der Waals surface area contributed by atoms with Crippen molar-refractivity contribution in [2.45, 2.75) is 0 Å². The predicted octanol–water partition coefficient (Wildman–Crippen LogP) is -0.395. The average Bonchev–Trinajstić information content (AvgIpc) is 2.28. The van der Waals surface area contributed by atoms with E-state index in [0.717, 1.165) is 12.1 Å². The van der Waals surface area contributed by atoms with E-state index in [9.17, 15) is 9.18 Å². The van der Waals surface area contributed by atoms with Gasteiger partial charge in [0.2, 0.25) is 0 Å². The van der Waals surface area contributed by atoms with Crippen molar-refractivity contribution in [1.29, 1.82) is 0 Å². The van der Waals surface area contributed by atoms with Crippen LogP contribution in [-0.2, 0) is 0 Å². The van der Waals surface area contributed by atoms with Crippen molar-refractivity contribution in [1.82, 2.24) is 9.97 Å². The molecule has 88 valence electrons. The Morgan fingerprint density at radius 2 is 2.17 bits per heavy atom. The van der Waals surface area contributed by atoms with E-state index >= 15 is 0 Å². The Balaban J connectivity index is 0.00000162. The van der Waals surface area contributed by atoms with E-state index in [1.807, 2.05) is 0 Å². The standard InChI is InChI=1S/C11H6ClFN2O2.K.H/c12-7-3-8(13)5-9(4-7)17-11(16)10-1-2-14-6-15-10;;/h1-6H;;/q;+1;-1. The molecule has 2 rings (SSSR count). The van der Waals surface area contributed by atoms with Crippen LogP contribution >= 0.6 is 11.6 Å². The third-order valence-corrected chi connectivity index (χ3v) is 2.06. The number of ether oxygens (including phenoxy) is 1. The second-order valence-corrected chi connectivity index (χ2v) is 3.53. The first kappa shape index (κ1) is 15.7. The van der Waals surface area contributed by atoms with Crippen LogP contribution in [-0.4, -0.2) is 15.9 Å². The summed E-state index contributed by atoms with van der Waals surface area (Å²) in [6.45, 7) is 0. The molecular formula is C11H7ClFKN2O2. The van der Waals surface area contributed by atoms with Gasteiger partial charge in [-0.1, -0.05) is 11.6 Å². The molecule has 0 aliphatic rings. The molecule has 0 spiro atoms. The van der Waals surface area contributed by atoms with Gasteiger partial charge in [-0.05, 0) is 18.2 Å². The van der Waals surface area contributed by atoms with Crippen molar-refractivity contribution < 1.29 is 66.7 Å². The van der Waals surface area contributed by atoms with Crippen LogP contribution in [0.4, 0.5) is 4.39 Å². The van der Waals surface area contributed by atoms with Gasteiger partial charge in [0.05, 0.1) is 0 Å². The number of hydrogen-bond acceptors (Lipinski definition) is 4. The zero-order valence-corrected chi connectivity index (χ0v) is 13.3. The minimum Gasteiger partial charge on any atom is -1.00 e. The molecule has 0 aliphatic heterocycles. The summed E-state index contributed by atoms with van der Waals surface area (Å²) in [5.41, 5.74) is 0.0837. The summed E-state index contributed by atoms with van der Waals surface area (Å²) >= 11 is 5.62. The third-order valence-electron chi connectivity index (χ3n) is 1.84. The Labute approximate surface area is 151 Å². The van der Waals surface area contributed by atoms with Crippen LogP contribution in [0.2, 0.25) is 5.02 Å². The molecule has 0 amide bonds. The van der Waals surface area contributed by atoms with Crippen molar-refractivity contribution in [3.05, 3.63) is 53.3 Å². The first-order valence-corrected chi connectivity index (χ1v) is 4.97. The first-order valence-electron chi connectivity index (χ1n) is 4.59. The summed E-state index contributed by atoms with van der Waals surface area (Å²) in [5.74, 6) is -1.25. The molecule has 1 aromatic carbocycles. The second-order valence-electron chi connectivity index (χ2n) is 3.09. The fourth-order valence-corrected chi connectivity index (χ4v) is 1.37. The molecule has 1 heterocycles. The molecule has 0 radical (unpaired) electrons. The van der Waals surface area contributed by atoms with Crippen LogP contribution in [0.3, 0.4) is 0 Å². The van der Waals surface area contributed by atoms with Gasteiger partial charge in [-0.2, -0.15) is 0 Å². The number of carbonyl (C=O) groups excluding carboxylic acids is 1. The van der Waals surface area contributed by atoms with Crippen molar-refractivity contribution in [2.75, 3.05) is 0 Å². The van der Waals surface area contributed by atoms with Crippen molar-refractivity contribution in [3.8, 4) is 5.75 Å². The van der Waals surface area contributed by atoms with Crippen molar-refractivity contribution >= 4 is 17.6 Å². The number of halogens is 2. The quantitative estimate of drug-likeness (QED) is 0.430. The van der Waals surface area contributed by atoms with Gasteiger partial charge in [-0.25, -0.2) is 19.2 Å². The largest absolute Gasteiger partial charge is 1.00 e. The summed E-state index contributed by atoms with van der Waals surface area (Å²) < 4.78 is 17.9. The summed E-state index contributed by atoms with van der Waals surface area (Å²) in [6, 6.07) is 4.90. The van der Waals surface area contributed by atoms with E-state index in [0.29, 0.717) is 0 Å². The summed E-state index contributed by atoms with van der Waals surface area (Å²) in [4.78, 5) is 18.9. The Morgan fingerprint density at radius 3 is 2.78 bits per heavy atom. The Hall–Kier alpha value is -0.374. The van der Waals surface area contributed by atoms with Crippen molar-refractivity contribution in [2.24, 2.45) is 0 Å². The molecule has 0 bridgehead atoms. The molecule has 0 unspecified atom stereocenters. The minimum atomic E-state index is -0.700. The zero-order valence-electron chi connectivity index (χ0n) is 10.4. The fourth-order valence-electron chi connectivity index (χ4n) is 1.16. The Morgan fingerprint density at radius 1 is 1.39 bits per heavy atom. The van der Waals surface area contributed by atoms with E-state index < -0.39 is 11.8 Å². The second kappa shape index (κ2) is 7.27. The third kappa shape index (κ3) is 4.38. The molecule has 0 aliphatic carbocycles. The fraction of sp³-hybridized carbons (Fsp3) is 0. The average molecular weight is 293 g/mol. The van der Waals surface area contributed by atoms with Gasteiger partial charge in [0, 0.05) is 17.3 Å². The number of rotatable bonds is 2. The van der Waals surface area contributed by atoms with Crippen LogP contribution in [0.5, 0.6) is 5.75 Å². The van der Waals surface area contributed by atoms with Crippen LogP contribution in [0.1, 0.15) is 11.9 Å². The smallest absolute Gasteiger partial charge is 1.00 e. The number of esters is 1. The number of carbonyl (C=O) groups is 1. The zero-order chi connectivity index (χ0) is 12.3. The van der Waals surface area contributed by atoms with E-state index in [4.69, 9.17) is 16.3 Å². The van der Waals surface area contributed by atoms with Gasteiger partial charge >= 0.3 is 57.4 Å². The Kier molecular flexibility index (Phi) is 6.34. The van der Waals surface area contributed by atoms with E-state index in [1.54, 1.807) is 0 Å². The molecule has 0 atom stereocenters.